The quantitative estimate of drug-likeness (QED) is 0.613. The molecule has 0 aliphatic heterocycles. The molecule has 0 amide bonds. The molecule has 0 saturated heterocycles. The molecule has 0 heterocycles. The molecule has 86 valence electrons. The van der Waals surface area contributed by atoms with Gasteiger partial charge in [-0.3, -0.25) is 0 Å². The highest BCUT2D eigenvalue weighted by Gasteiger charge is 2.16. The molecule has 0 aromatic heterocycles. The fourth-order valence-electron chi connectivity index (χ4n) is 1.28. The lowest BCUT2D eigenvalue weighted by Gasteiger charge is -2.25. The third kappa shape index (κ3) is 6.39. The second kappa shape index (κ2) is 9.47. The van der Waals surface area contributed by atoms with Gasteiger partial charge in [0, 0.05) is 13.2 Å². The SMILES string of the molecule is CC.CCN(C)CCCOC1CCC1. The average Bonchev–Trinajstić information content (AvgIpc) is 2.17. The molecule has 0 atom stereocenters. The molecule has 2 nitrogen and oxygen atoms in total. The molecule has 1 aliphatic carbocycles. The van der Waals surface area contributed by atoms with E-state index in [2.05, 4.69) is 18.9 Å². The van der Waals surface area contributed by atoms with Crippen LogP contribution in [0.4, 0.5) is 0 Å². The zero-order valence-corrected chi connectivity index (χ0v) is 10.4. The Kier molecular flexibility index (Phi) is 9.42. The first kappa shape index (κ1) is 13.9. The molecule has 0 bridgehead atoms. The van der Waals surface area contributed by atoms with Crippen LogP contribution < -0.4 is 0 Å². The molecule has 1 rings (SSSR count). The first-order chi connectivity index (χ1) is 6.83. The van der Waals surface area contributed by atoms with Crippen molar-refractivity contribution in [2.24, 2.45) is 0 Å². The van der Waals surface area contributed by atoms with Crippen LogP contribution in [0, 0.1) is 0 Å². The highest BCUT2D eigenvalue weighted by Crippen LogP contribution is 2.21. The number of hydrogen-bond donors (Lipinski definition) is 0. The van der Waals surface area contributed by atoms with Crippen LogP contribution in [-0.2, 0) is 4.74 Å². The lowest BCUT2D eigenvalue weighted by Crippen LogP contribution is -2.24. The number of hydrogen-bond acceptors (Lipinski definition) is 2. The molecule has 0 unspecified atom stereocenters. The maximum Gasteiger partial charge on any atom is 0.0575 e. The topological polar surface area (TPSA) is 12.5 Å². The minimum atomic E-state index is 0.608. The van der Waals surface area contributed by atoms with E-state index < -0.39 is 0 Å². The third-order valence-corrected chi connectivity index (χ3v) is 2.63. The fourth-order valence-corrected chi connectivity index (χ4v) is 1.28. The number of rotatable bonds is 6. The predicted molar refractivity (Wildman–Crippen MR) is 62.7 cm³/mol. The summed E-state index contributed by atoms with van der Waals surface area (Å²) in [6.45, 7) is 9.45. The van der Waals surface area contributed by atoms with Gasteiger partial charge in [-0.2, -0.15) is 0 Å². The van der Waals surface area contributed by atoms with Crippen molar-refractivity contribution in [2.45, 2.75) is 52.6 Å². The van der Waals surface area contributed by atoms with Gasteiger partial charge in [-0.1, -0.05) is 20.8 Å². The Morgan fingerprint density at radius 2 is 1.93 bits per heavy atom. The highest BCUT2D eigenvalue weighted by molar-refractivity contribution is 4.68. The van der Waals surface area contributed by atoms with E-state index in [1.165, 1.54) is 32.2 Å². The van der Waals surface area contributed by atoms with Crippen LogP contribution in [0.3, 0.4) is 0 Å². The van der Waals surface area contributed by atoms with E-state index in [9.17, 15) is 0 Å². The molecule has 0 spiro atoms. The zero-order chi connectivity index (χ0) is 10.8. The Hall–Kier alpha value is -0.0800. The first-order valence-corrected chi connectivity index (χ1v) is 6.13. The summed E-state index contributed by atoms with van der Waals surface area (Å²) in [6.07, 6.45) is 5.75. The first-order valence-electron chi connectivity index (χ1n) is 6.13. The normalized spacial score (nSPS) is 16.1. The summed E-state index contributed by atoms with van der Waals surface area (Å²) >= 11 is 0. The van der Waals surface area contributed by atoms with Gasteiger partial charge in [-0.25, -0.2) is 0 Å². The van der Waals surface area contributed by atoms with Gasteiger partial charge in [0.2, 0.25) is 0 Å². The summed E-state index contributed by atoms with van der Waals surface area (Å²) in [5.41, 5.74) is 0. The molecular weight excluding hydrogens is 174 g/mol. The van der Waals surface area contributed by atoms with Gasteiger partial charge < -0.3 is 9.64 Å². The summed E-state index contributed by atoms with van der Waals surface area (Å²) in [7, 11) is 2.16. The van der Waals surface area contributed by atoms with Gasteiger partial charge in [0.1, 0.15) is 0 Å². The van der Waals surface area contributed by atoms with Crippen molar-refractivity contribution < 1.29 is 4.74 Å². The lowest BCUT2D eigenvalue weighted by atomic mass is 9.96. The van der Waals surface area contributed by atoms with Crippen molar-refractivity contribution in [3.8, 4) is 0 Å². The van der Waals surface area contributed by atoms with Crippen molar-refractivity contribution >= 4 is 0 Å². The van der Waals surface area contributed by atoms with Crippen molar-refractivity contribution in [1.82, 2.24) is 4.90 Å². The van der Waals surface area contributed by atoms with Crippen LogP contribution in [0.15, 0.2) is 0 Å². The largest absolute Gasteiger partial charge is 0.378 e. The van der Waals surface area contributed by atoms with Crippen LogP contribution >= 0.6 is 0 Å². The van der Waals surface area contributed by atoms with Crippen molar-refractivity contribution in [1.29, 1.82) is 0 Å². The molecule has 1 aliphatic rings. The monoisotopic (exact) mass is 201 g/mol. The van der Waals surface area contributed by atoms with Crippen LogP contribution in [0.2, 0.25) is 0 Å². The third-order valence-electron chi connectivity index (χ3n) is 2.63. The van der Waals surface area contributed by atoms with E-state index in [-0.39, 0.29) is 0 Å². The fraction of sp³-hybridized carbons (Fsp3) is 1.00. The molecule has 0 radical (unpaired) electrons. The smallest absolute Gasteiger partial charge is 0.0575 e. The molecule has 0 aromatic rings. The molecule has 14 heavy (non-hydrogen) atoms. The summed E-state index contributed by atoms with van der Waals surface area (Å²) in [5.74, 6) is 0. The summed E-state index contributed by atoms with van der Waals surface area (Å²) in [5, 5.41) is 0. The highest BCUT2D eigenvalue weighted by atomic mass is 16.5. The second-order valence-corrected chi connectivity index (χ2v) is 3.67. The molecule has 0 aromatic carbocycles. The molecule has 1 saturated carbocycles. The van der Waals surface area contributed by atoms with Crippen LogP contribution in [0.25, 0.3) is 0 Å². The van der Waals surface area contributed by atoms with Crippen LogP contribution in [0.1, 0.15) is 46.5 Å². The maximum atomic E-state index is 5.65. The van der Waals surface area contributed by atoms with Crippen molar-refractivity contribution in [3.05, 3.63) is 0 Å². The van der Waals surface area contributed by atoms with Gasteiger partial charge in [-0.15, -0.1) is 0 Å². The van der Waals surface area contributed by atoms with Crippen LogP contribution in [-0.4, -0.2) is 37.7 Å². The molecule has 0 N–H and O–H groups in total. The summed E-state index contributed by atoms with van der Waals surface area (Å²) in [4.78, 5) is 2.32. The van der Waals surface area contributed by atoms with Gasteiger partial charge in [0.05, 0.1) is 6.10 Å². The lowest BCUT2D eigenvalue weighted by molar-refractivity contribution is -0.000752. The summed E-state index contributed by atoms with van der Waals surface area (Å²) in [6, 6.07) is 0. The zero-order valence-electron chi connectivity index (χ0n) is 10.4. The van der Waals surface area contributed by atoms with Gasteiger partial charge in [0.15, 0.2) is 0 Å². The van der Waals surface area contributed by atoms with E-state index in [4.69, 9.17) is 4.74 Å². The molecule has 2 heteroatoms. The maximum absolute atomic E-state index is 5.65. The van der Waals surface area contributed by atoms with Gasteiger partial charge in [-0.05, 0) is 39.3 Å². The Balaban J connectivity index is 0.000000791. The Morgan fingerprint density at radius 3 is 2.36 bits per heavy atom. The van der Waals surface area contributed by atoms with E-state index in [1.807, 2.05) is 13.8 Å². The average molecular weight is 201 g/mol. The standard InChI is InChI=1S/C10H21NO.C2H6/c1-3-11(2)8-5-9-12-10-6-4-7-10;1-2/h10H,3-9H2,1-2H3;1-2H3. The van der Waals surface area contributed by atoms with Crippen LogP contribution in [0.5, 0.6) is 0 Å². The van der Waals surface area contributed by atoms with Gasteiger partial charge in [0.25, 0.3) is 0 Å². The van der Waals surface area contributed by atoms with E-state index in [0.29, 0.717) is 6.10 Å². The minimum absolute atomic E-state index is 0.608. The Bertz CT molecular complexity index is 106. The van der Waals surface area contributed by atoms with Crippen molar-refractivity contribution in [2.75, 3.05) is 26.7 Å². The van der Waals surface area contributed by atoms with E-state index in [1.54, 1.807) is 0 Å². The molecular formula is C12H27NO. The van der Waals surface area contributed by atoms with Crippen molar-refractivity contribution in [3.63, 3.8) is 0 Å². The van der Waals surface area contributed by atoms with E-state index in [0.717, 1.165) is 13.2 Å². The molecule has 1 fully saturated rings. The minimum Gasteiger partial charge on any atom is -0.378 e. The van der Waals surface area contributed by atoms with E-state index >= 15 is 0 Å². The summed E-state index contributed by atoms with van der Waals surface area (Å²) < 4.78 is 5.65. The Labute approximate surface area is 89.6 Å². The van der Waals surface area contributed by atoms with Gasteiger partial charge >= 0.3 is 0 Å². The Morgan fingerprint density at radius 1 is 1.29 bits per heavy atom. The predicted octanol–water partition coefficient (Wildman–Crippen LogP) is 2.92. The second-order valence-electron chi connectivity index (χ2n) is 3.67. The number of ether oxygens (including phenoxy) is 1. The number of nitrogens with zero attached hydrogens (tertiary/aromatic N) is 1.